The van der Waals surface area contributed by atoms with Crippen LogP contribution >= 0.6 is 34.7 Å². The van der Waals surface area contributed by atoms with Crippen molar-refractivity contribution in [3.05, 3.63) is 29.3 Å². The predicted molar refractivity (Wildman–Crippen MR) is 97.9 cm³/mol. The first kappa shape index (κ1) is 18.0. The maximum Gasteiger partial charge on any atom is 0.233 e. The Morgan fingerprint density at radius 2 is 2.00 bits per heavy atom. The Balaban J connectivity index is 1.97. The molecule has 124 valence electrons. The lowest BCUT2D eigenvalue weighted by molar-refractivity contribution is -0.121. The Hall–Kier alpha value is -1.31. The first-order valence-corrected chi connectivity index (χ1v) is 9.16. The number of carbonyl (C=O) groups excluding carboxylic acids is 1. The normalized spacial score (nSPS) is 12.7. The minimum absolute atomic E-state index is 0.0155. The van der Waals surface area contributed by atoms with Gasteiger partial charge in [0.15, 0.2) is 4.34 Å². The fraction of sp³-hybridized carbons (Fsp3) is 0.400. The van der Waals surface area contributed by atoms with Crippen molar-refractivity contribution < 1.29 is 4.79 Å². The van der Waals surface area contributed by atoms with E-state index in [9.17, 15) is 4.79 Å². The Kier molecular flexibility index (Phi) is 5.89. The summed E-state index contributed by atoms with van der Waals surface area (Å²) in [5, 5.41) is 15.3. The van der Waals surface area contributed by atoms with Crippen LogP contribution < -0.4 is 10.6 Å². The lowest BCUT2D eigenvalue weighted by Crippen LogP contribution is -2.44. The van der Waals surface area contributed by atoms with Gasteiger partial charge < -0.3 is 10.6 Å². The number of thioether (sulfide) groups is 1. The minimum atomic E-state index is -0.246. The number of nitrogens with zero attached hydrogens (tertiary/aromatic N) is 2. The summed E-state index contributed by atoms with van der Waals surface area (Å²) in [6.07, 6.45) is 0. The molecule has 0 radical (unpaired) electrons. The van der Waals surface area contributed by atoms with Gasteiger partial charge in [-0.15, -0.1) is 10.2 Å². The maximum atomic E-state index is 12.1. The van der Waals surface area contributed by atoms with Gasteiger partial charge in [0.25, 0.3) is 0 Å². The van der Waals surface area contributed by atoms with Gasteiger partial charge >= 0.3 is 0 Å². The van der Waals surface area contributed by atoms with Crippen molar-refractivity contribution in [2.45, 2.75) is 42.8 Å². The van der Waals surface area contributed by atoms with Crippen LogP contribution in [0.5, 0.6) is 0 Å². The van der Waals surface area contributed by atoms with E-state index in [-0.39, 0.29) is 16.7 Å². The highest BCUT2D eigenvalue weighted by Gasteiger charge is 2.21. The van der Waals surface area contributed by atoms with Crippen LogP contribution in [0.4, 0.5) is 10.8 Å². The molecule has 1 aromatic heterocycles. The first-order valence-electron chi connectivity index (χ1n) is 7.08. The zero-order valence-electron chi connectivity index (χ0n) is 13.4. The number of rotatable bonds is 5. The van der Waals surface area contributed by atoms with Gasteiger partial charge in [0.2, 0.25) is 11.0 Å². The Morgan fingerprint density at radius 3 is 2.65 bits per heavy atom. The van der Waals surface area contributed by atoms with E-state index in [1.807, 2.05) is 45.9 Å². The monoisotopic (exact) mass is 370 g/mol. The smallest absolute Gasteiger partial charge is 0.233 e. The summed E-state index contributed by atoms with van der Waals surface area (Å²) in [6, 6.07) is 7.43. The van der Waals surface area contributed by atoms with Gasteiger partial charge in [0, 0.05) is 5.54 Å². The largest absolute Gasteiger partial charge is 0.351 e. The zero-order valence-corrected chi connectivity index (χ0v) is 15.8. The van der Waals surface area contributed by atoms with Crippen LogP contribution in [0.25, 0.3) is 0 Å². The van der Waals surface area contributed by atoms with Crippen molar-refractivity contribution in [1.82, 2.24) is 15.5 Å². The first-order chi connectivity index (χ1) is 10.7. The number of hydrogen-bond acceptors (Lipinski definition) is 6. The summed E-state index contributed by atoms with van der Waals surface area (Å²) < 4.78 is 0.733. The topological polar surface area (TPSA) is 66.9 Å². The van der Waals surface area contributed by atoms with Crippen LogP contribution in [-0.4, -0.2) is 26.9 Å². The molecule has 1 aromatic carbocycles. The van der Waals surface area contributed by atoms with Crippen molar-refractivity contribution in [1.29, 1.82) is 0 Å². The number of carbonyl (C=O) groups is 1. The van der Waals surface area contributed by atoms with Gasteiger partial charge in [-0.3, -0.25) is 4.79 Å². The molecule has 0 bridgehead atoms. The van der Waals surface area contributed by atoms with Gasteiger partial charge in [-0.25, -0.2) is 0 Å². The summed E-state index contributed by atoms with van der Waals surface area (Å²) in [4.78, 5) is 12.1. The van der Waals surface area contributed by atoms with Crippen molar-refractivity contribution >= 4 is 51.4 Å². The van der Waals surface area contributed by atoms with Gasteiger partial charge in [-0.05, 0) is 39.8 Å². The van der Waals surface area contributed by atoms with Gasteiger partial charge in [0.1, 0.15) is 0 Å². The van der Waals surface area contributed by atoms with E-state index in [1.165, 1.54) is 23.1 Å². The molecule has 0 aliphatic carbocycles. The zero-order chi connectivity index (χ0) is 17.0. The molecule has 0 aliphatic heterocycles. The second kappa shape index (κ2) is 7.51. The van der Waals surface area contributed by atoms with E-state index in [2.05, 4.69) is 20.8 Å². The summed E-state index contributed by atoms with van der Waals surface area (Å²) >= 11 is 8.88. The summed E-state index contributed by atoms with van der Waals surface area (Å²) in [6.45, 7) is 7.73. The van der Waals surface area contributed by atoms with E-state index in [0.717, 1.165) is 10.0 Å². The van der Waals surface area contributed by atoms with E-state index >= 15 is 0 Å². The van der Waals surface area contributed by atoms with Gasteiger partial charge in [-0.1, -0.05) is 46.8 Å². The highest BCUT2D eigenvalue weighted by Crippen LogP contribution is 2.32. The third-order valence-electron chi connectivity index (χ3n) is 2.67. The number of halogens is 1. The molecular formula is C15H19ClN4OS2. The van der Waals surface area contributed by atoms with E-state index in [0.29, 0.717) is 10.2 Å². The standard InChI is InChI=1S/C15H19ClN4OS2/c1-9(12(21)18-15(2,3)4)22-14-20-19-13(23-14)17-11-8-6-5-7-10(11)16/h5-9H,1-4H3,(H,17,19)(H,18,21). The third-order valence-corrected chi connectivity index (χ3v) is 5.02. The van der Waals surface area contributed by atoms with Crippen molar-refractivity contribution in [3.8, 4) is 0 Å². The molecule has 0 fully saturated rings. The number of anilines is 2. The quantitative estimate of drug-likeness (QED) is 0.767. The fourth-order valence-corrected chi connectivity index (χ4v) is 3.75. The average Bonchev–Trinajstić information content (AvgIpc) is 2.87. The fourth-order valence-electron chi connectivity index (χ4n) is 1.66. The number of amides is 1. The molecule has 23 heavy (non-hydrogen) atoms. The number of para-hydroxylation sites is 1. The Labute approximate surface area is 149 Å². The Morgan fingerprint density at radius 1 is 1.30 bits per heavy atom. The van der Waals surface area contributed by atoms with Crippen LogP contribution in [-0.2, 0) is 4.79 Å². The van der Waals surface area contributed by atoms with Crippen LogP contribution in [0.2, 0.25) is 5.02 Å². The maximum absolute atomic E-state index is 12.1. The highest BCUT2D eigenvalue weighted by atomic mass is 35.5. The van der Waals surface area contributed by atoms with Crippen LogP contribution in [0.3, 0.4) is 0 Å². The Bertz CT molecular complexity index is 684. The number of nitrogens with one attached hydrogen (secondary N) is 2. The molecule has 0 saturated carbocycles. The lowest BCUT2D eigenvalue weighted by Gasteiger charge is -2.22. The van der Waals surface area contributed by atoms with E-state index in [1.54, 1.807) is 6.07 Å². The molecule has 2 aromatic rings. The second-order valence-corrected chi connectivity index (χ2v) is 8.95. The van der Waals surface area contributed by atoms with Crippen molar-refractivity contribution in [2.24, 2.45) is 0 Å². The molecule has 0 saturated heterocycles. The lowest BCUT2D eigenvalue weighted by atomic mass is 10.1. The molecule has 0 aliphatic rings. The number of benzene rings is 1. The molecule has 1 atom stereocenters. The second-order valence-electron chi connectivity index (χ2n) is 5.98. The van der Waals surface area contributed by atoms with Crippen LogP contribution in [0, 0.1) is 0 Å². The molecule has 1 amide bonds. The van der Waals surface area contributed by atoms with Crippen LogP contribution in [0.1, 0.15) is 27.7 Å². The van der Waals surface area contributed by atoms with E-state index < -0.39 is 0 Å². The third kappa shape index (κ3) is 5.67. The molecule has 0 spiro atoms. The van der Waals surface area contributed by atoms with E-state index in [4.69, 9.17) is 11.6 Å². The average molecular weight is 371 g/mol. The SMILES string of the molecule is CC(Sc1nnc(Nc2ccccc2Cl)s1)C(=O)NC(C)(C)C. The summed E-state index contributed by atoms with van der Waals surface area (Å²) in [5.41, 5.74) is 0.532. The molecule has 5 nitrogen and oxygen atoms in total. The van der Waals surface area contributed by atoms with Crippen molar-refractivity contribution in [2.75, 3.05) is 5.32 Å². The molecule has 2 rings (SSSR count). The minimum Gasteiger partial charge on any atom is -0.351 e. The molecule has 1 heterocycles. The molecule has 2 N–H and O–H groups in total. The molecule has 8 heteroatoms. The van der Waals surface area contributed by atoms with Gasteiger partial charge in [-0.2, -0.15) is 0 Å². The van der Waals surface area contributed by atoms with Crippen molar-refractivity contribution in [3.63, 3.8) is 0 Å². The highest BCUT2D eigenvalue weighted by molar-refractivity contribution is 8.02. The predicted octanol–water partition coefficient (Wildman–Crippen LogP) is 4.33. The van der Waals surface area contributed by atoms with Crippen LogP contribution in [0.15, 0.2) is 28.6 Å². The number of hydrogen-bond donors (Lipinski definition) is 2. The molecule has 1 unspecified atom stereocenters. The van der Waals surface area contributed by atoms with Gasteiger partial charge in [0.05, 0.1) is 16.0 Å². The molecular weight excluding hydrogens is 352 g/mol. The summed E-state index contributed by atoms with van der Waals surface area (Å²) in [7, 11) is 0. The summed E-state index contributed by atoms with van der Waals surface area (Å²) in [5.74, 6) is -0.0155. The number of aromatic nitrogens is 2.